The topological polar surface area (TPSA) is 87.7 Å². The summed E-state index contributed by atoms with van der Waals surface area (Å²) in [4.78, 5) is 39.1. The predicted octanol–water partition coefficient (Wildman–Crippen LogP) is 3.22. The summed E-state index contributed by atoms with van der Waals surface area (Å²) in [6.07, 6.45) is 1.34. The first-order valence-corrected chi connectivity index (χ1v) is 10.1. The third-order valence-electron chi connectivity index (χ3n) is 5.08. The molecule has 1 saturated heterocycles. The SMILES string of the molecule is COc1cc(NC(=O)C(NC(=O)c2ccccc2)C(C)C)ccc1N1CCCC1=O. The number of ether oxygens (including phenoxy) is 1. The zero-order chi connectivity index (χ0) is 21.7. The molecule has 1 unspecified atom stereocenters. The van der Waals surface area contributed by atoms with E-state index in [-0.39, 0.29) is 23.6 Å². The normalized spacial score (nSPS) is 14.5. The van der Waals surface area contributed by atoms with Gasteiger partial charge in [-0.1, -0.05) is 32.0 Å². The molecule has 158 valence electrons. The van der Waals surface area contributed by atoms with Crippen LogP contribution in [0.3, 0.4) is 0 Å². The second kappa shape index (κ2) is 9.43. The number of carbonyl (C=O) groups is 3. The predicted molar refractivity (Wildman–Crippen MR) is 116 cm³/mol. The van der Waals surface area contributed by atoms with Crippen molar-refractivity contribution < 1.29 is 19.1 Å². The third kappa shape index (κ3) is 4.79. The number of methoxy groups -OCH3 is 1. The Morgan fingerprint density at radius 2 is 1.83 bits per heavy atom. The summed E-state index contributed by atoms with van der Waals surface area (Å²) in [5.41, 5.74) is 1.72. The molecule has 3 amide bonds. The third-order valence-corrected chi connectivity index (χ3v) is 5.08. The lowest BCUT2D eigenvalue weighted by atomic mass is 10.0. The molecule has 2 aromatic rings. The molecule has 2 N–H and O–H groups in total. The van der Waals surface area contributed by atoms with Crippen LogP contribution in [0, 0.1) is 5.92 Å². The number of hydrogen-bond donors (Lipinski definition) is 2. The average Bonchev–Trinajstić information content (AvgIpc) is 3.17. The van der Waals surface area contributed by atoms with Crippen LogP contribution in [0.15, 0.2) is 48.5 Å². The summed E-state index contributed by atoms with van der Waals surface area (Å²) in [7, 11) is 1.53. The van der Waals surface area contributed by atoms with Crippen LogP contribution in [-0.4, -0.2) is 37.4 Å². The number of carbonyl (C=O) groups excluding carboxylic acids is 3. The minimum Gasteiger partial charge on any atom is -0.494 e. The summed E-state index contributed by atoms with van der Waals surface area (Å²) in [5.74, 6) is -0.154. The second-order valence-corrected chi connectivity index (χ2v) is 7.59. The summed E-state index contributed by atoms with van der Waals surface area (Å²) < 4.78 is 5.44. The molecule has 1 atom stereocenters. The van der Waals surface area contributed by atoms with Crippen LogP contribution in [0.2, 0.25) is 0 Å². The molecule has 7 nitrogen and oxygen atoms in total. The van der Waals surface area contributed by atoms with Crippen LogP contribution in [-0.2, 0) is 9.59 Å². The van der Waals surface area contributed by atoms with E-state index in [1.807, 2.05) is 19.9 Å². The van der Waals surface area contributed by atoms with Crippen molar-refractivity contribution in [2.45, 2.75) is 32.7 Å². The molecule has 0 radical (unpaired) electrons. The minimum absolute atomic E-state index is 0.0635. The maximum atomic E-state index is 12.9. The quantitative estimate of drug-likeness (QED) is 0.735. The van der Waals surface area contributed by atoms with E-state index >= 15 is 0 Å². The molecular weight excluding hydrogens is 382 g/mol. The van der Waals surface area contributed by atoms with Crippen molar-refractivity contribution in [3.63, 3.8) is 0 Å². The van der Waals surface area contributed by atoms with E-state index in [4.69, 9.17) is 4.74 Å². The summed E-state index contributed by atoms with van der Waals surface area (Å²) >= 11 is 0. The fourth-order valence-electron chi connectivity index (χ4n) is 3.45. The van der Waals surface area contributed by atoms with Gasteiger partial charge in [-0.3, -0.25) is 14.4 Å². The highest BCUT2D eigenvalue weighted by Crippen LogP contribution is 2.33. The smallest absolute Gasteiger partial charge is 0.251 e. The highest BCUT2D eigenvalue weighted by Gasteiger charge is 2.27. The number of hydrogen-bond acceptors (Lipinski definition) is 4. The number of anilines is 2. The molecular formula is C23H27N3O4. The van der Waals surface area contributed by atoms with Crippen molar-refractivity contribution in [1.29, 1.82) is 0 Å². The van der Waals surface area contributed by atoms with Crippen molar-refractivity contribution in [3.8, 4) is 5.75 Å². The first-order valence-electron chi connectivity index (χ1n) is 10.1. The number of benzene rings is 2. The Morgan fingerprint density at radius 3 is 2.43 bits per heavy atom. The van der Waals surface area contributed by atoms with Gasteiger partial charge in [-0.15, -0.1) is 0 Å². The van der Waals surface area contributed by atoms with E-state index in [9.17, 15) is 14.4 Å². The Morgan fingerprint density at radius 1 is 1.10 bits per heavy atom. The fourth-order valence-corrected chi connectivity index (χ4v) is 3.45. The maximum absolute atomic E-state index is 12.9. The second-order valence-electron chi connectivity index (χ2n) is 7.59. The Kier molecular flexibility index (Phi) is 6.72. The maximum Gasteiger partial charge on any atom is 0.251 e. The summed E-state index contributed by atoms with van der Waals surface area (Å²) in [6, 6.07) is 13.3. The molecule has 0 aromatic heterocycles. The lowest BCUT2D eigenvalue weighted by Crippen LogP contribution is -2.47. The van der Waals surface area contributed by atoms with Crippen LogP contribution in [0.4, 0.5) is 11.4 Å². The molecule has 1 aliphatic heterocycles. The van der Waals surface area contributed by atoms with Crippen LogP contribution in [0.25, 0.3) is 0 Å². The molecule has 7 heteroatoms. The number of nitrogens with one attached hydrogen (secondary N) is 2. The standard InChI is InChI=1S/C23H27N3O4/c1-15(2)21(25-22(28)16-8-5-4-6-9-16)23(29)24-17-11-12-18(19(14-17)30-3)26-13-7-10-20(26)27/h4-6,8-9,11-12,14-15,21H,7,10,13H2,1-3H3,(H,24,29)(H,25,28). The Balaban J connectivity index is 1.74. The van der Waals surface area contributed by atoms with E-state index in [1.165, 1.54) is 7.11 Å². The molecule has 0 saturated carbocycles. The largest absolute Gasteiger partial charge is 0.494 e. The molecule has 2 aromatic carbocycles. The van der Waals surface area contributed by atoms with Crippen molar-refractivity contribution in [2.75, 3.05) is 23.9 Å². The molecule has 3 rings (SSSR count). The molecule has 1 aliphatic rings. The van der Waals surface area contributed by atoms with Gasteiger partial charge in [-0.05, 0) is 36.6 Å². The minimum atomic E-state index is -0.705. The molecule has 30 heavy (non-hydrogen) atoms. The van der Waals surface area contributed by atoms with Gasteiger partial charge >= 0.3 is 0 Å². The Bertz CT molecular complexity index is 927. The lowest BCUT2D eigenvalue weighted by molar-refractivity contribution is -0.119. The van der Waals surface area contributed by atoms with E-state index < -0.39 is 6.04 Å². The van der Waals surface area contributed by atoms with Gasteiger partial charge in [0.25, 0.3) is 5.91 Å². The van der Waals surface area contributed by atoms with Gasteiger partial charge in [0.1, 0.15) is 11.8 Å². The molecule has 0 spiro atoms. The average molecular weight is 409 g/mol. The highest BCUT2D eigenvalue weighted by molar-refractivity contribution is 6.02. The van der Waals surface area contributed by atoms with Crippen LogP contribution in [0.1, 0.15) is 37.0 Å². The number of nitrogens with zero attached hydrogens (tertiary/aromatic N) is 1. The van der Waals surface area contributed by atoms with Gasteiger partial charge < -0.3 is 20.3 Å². The van der Waals surface area contributed by atoms with E-state index in [1.54, 1.807) is 47.4 Å². The van der Waals surface area contributed by atoms with Crippen molar-refractivity contribution in [3.05, 3.63) is 54.1 Å². The van der Waals surface area contributed by atoms with Gasteiger partial charge in [0.05, 0.1) is 12.8 Å². The molecule has 0 aliphatic carbocycles. The molecule has 1 fully saturated rings. The fraction of sp³-hybridized carbons (Fsp3) is 0.348. The first kappa shape index (κ1) is 21.4. The van der Waals surface area contributed by atoms with E-state index in [2.05, 4.69) is 10.6 Å². The highest BCUT2D eigenvalue weighted by atomic mass is 16.5. The van der Waals surface area contributed by atoms with Crippen molar-refractivity contribution in [1.82, 2.24) is 5.32 Å². The lowest BCUT2D eigenvalue weighted by Gasteiger charge is -2.23. The van der Waals surface area contributed by atoms with Gasteiger partial charge in [-0.25, -0.2) is 0 Å². The van der Waals surface area contributed by atoms with Crippen molar-refractivity contribution in [2.24, 2.45) is 5.92 Å². The molecule has 0 bridgehead atoms. The van der Waals surface area contributed by atoms with Crippen LogP contribution < -0.4 is 20.3 Å². The zero-order valence-electron chi connectivity index (χ0n) is 17.5. The van der Waals surface area contributed by atoms with Crippen LogP contribution >= 0.6 is 0 Å². The first-order chi connectivity index (χ1) is 14.4. The van der Waals surface area contributed by atoms with E-state index in [0.717, 1.165) is 6.42 Å². The Labute approximate surface area is 176 Å². The zero-order valence-corrected chi connectivity index (χ0v) is 17.5. The van der Waals surface area contributed by atoms with E-state index in [0.29, 0.717) is 35.7 Å². The van der Waals surface area contributed by atoms with Crippen molar-refractivity contribution >= 4 is 29.1 Å². The van der Waals surface area contributed by atoms with Gasteiger partial charge in [0.15, 0.2) is 0 Å². The summed E-state index contributed by atoms with van der Waals surface area (Å²) in [6.45, 7) is 4.40. The monoisotopic (exact) mass is 409 g/mol. The number of rotatable bonds is 7. The van der Waals surface area contributed by atoms with Crippen LogP contribution in [0.5, 0.6) is 5.75 Å². The van der Waals surface area contributed by atoms with Gasteiger partial charge in [-0.2, -0.15) is 0 Å². The number of amides is 3. The molecule has 1 heterocycles. The summed E-state index contributed by atoms with van der Waals surface area (Å²) in [5, 5.41) is 5.65. The van der Waals surface area contributed by atoms with Gasteiger partial charge in [0, 0.05) is 30.3 Å². The van der Waals surface area contributed by atoms with Gasteiger partial charge in [0.2, 0.25) is 11.8 Å². The Hall–Kier alpha value is -3.35.